The number of aryl methyl sites for hydroxylation is 1. The maximum atomic E-state index is 13.6. The number of benzene rings is 2. The van der Waals surface area contributed by atoms with E-state index in [0.717, 1.165) is 30.5 Å². The van der Waals surface area contributed by atoms with Gasteiger partial charge in [-0.15, -0.1) is 0 Å². The van der Waals surface area contributed by atoms with E-state index in [0.29, 0.717) is 11.8 Å². The molecule has 0 bridgehead atoms. The average Bonchev–Trinajstić information content (AvgIpc) is 2.53. The Labute approximate surface area is 133 Å². The van der Waals surface area contributed by atoms with Crippen molar-refractivity contribution in [3.63, 3.8) is 0 Å². The molecule has 2 rings (SSSR count). The topological polar surface area (TPSA) is 50.1 Å². The minimum atomic E-state index is -1.02. The number of aldehydes is 1. The normalized spacial score (nSPS) is 11.6. The summed E-state index contributed by atoms with van der Waals surface area (Å²) in [7, 11) is 0. The summed E-state index contributed by atoms with van der Waals surface area (Å²) in [5.41, 5.74) is 1.05. The quantitative estimate of drug-likeness (QED) is 0.754. The zero-order valence-corrected chi connectivity index (χ0v) is 12.6. The number of nitrogens with zero attached hydrogens (tertiary/aromatic N) is 1. The Hall–Kier alpha value is -2.74. The summed E-state index contributed by atoms with van der Waals surface area (Å²) >= 11 is 0. The highest BCUT2D eigenvalue weighted by atomic mass is 19.1. The van der Waals surface area contributed by atoms with Crippen molar-refractivity contribution >= 4 is 6.29 Å². The molecule has 0 amide bonds. The highest BCUT2D eigenvalue weighted by Crippen LogP contribution is 2.25. The van der Waals surface area contributed by atoms with Gasteiger partial charge in [-0.1, -0.05) is 37.6 Å². The van der Waals surface area contributed by atoms with Crippen LogP contribution in [0.5, 0.6) is 5.75 Å². The van der Waals surface area contributed by atoms with Gasteiger partial charge in [-0.25, -0.2) is 8.78 Å². The Balaban J connectivity index is 2.23. The van der Waals surface area contributed by atoms with Crippen molar-refractivity contribution in [2.45, 2.75) is 25.9 Å². The molecule has 0 spiro atoms. The van der Waals surface area contributed by atoms with Crippen LogP contribution in [0, 0.1) is 23.0 Å². The van der Waals surface area contributed by atoms with Crippen molar-refractivity contribution in [3.8, 4) is 11.8 Å². The third-order valence-electron chi connectivity index (χ3n) is 3.36. The lowest BCUT2D eigenvalue weighted by atomic mass is 10.0. The fourth-order valence-corrected chi connectivity index (χ4v) is 2.21. The van der Waals surface area contributed by atoms with Crippen LogP contribution in [0.15, 0.2) is 36.4 Å². The van der Waals surface area contributed by atoms with E-state index in [1.165, 1.54) is 6.07 Å². The van der Waals surface area contributed by atoms with Gasteiger partial charge in [0, 0.05) is 12.1 Å². The van der Waals surface area contributed by atoms with Gasteiger partial charge in [-0.2, -0.15) is 5.26 Å². The molecule has 1 unspecified atom stereocenters. The van der Waals surface area contributed by atoms with Crippen LogP contribution in [0.25, 0.3) is 0 Å². The average molecular weight is 315 g/mol. The summed E-state index contributed by atoms with van der Waals surface area (Å²) in [6.45, 7) is 2.07. The lowest BCUT2D eigenvalue weighted by Gasteiger charge is -2.15. The van der Waals surface area contributed by atoms with Crippen LogP contribution in [-0.2, 0) is 11.2 Å². The smallest absolute Gasteiger partial charge is 0.179 e. The molecule has 0 aliphatic rings. The van der Waals surface area contributed by atoms with Gasteiger partial charge < -0.3 is 4.74 Å². The lowest BCUT2D eigenvalue weighted by molar-refractivity contribution is -0.113. The Morgan fingerprint density at radius 3 is 2.30 bits per heavy atom. The molecular weight excluding hydrogens is 300 g/mol. The molecule has 0 N–H and O–H groups in total. The first-order chi connectivity index (χ1) is 11.1. The van der Waals surface area contributed by atoms with Gasteiger partial charge in [-0.3, -0.25) is 4.79 Å². The zero-order chi connectivity index (χ0) is 16.8. The Bertz CT molecular complexity index is 713. The molecule has 5 heteroatoms. The number of hydrogen-bond acceptors (Lipinski definition) is 3. The van der Waals surface area contributed by atoms with E-state index in [-0.39, 0.29) is 5.75 Å². The van der Waals surface area contributed by atoms with Crippen molar-refractivity contribution in [2.24, 2.45) is 0 Å². The van der Waals surface area contributed by atoms with E-state index < -0.39 is 23.3 Å². The first-order valence-electron chi connectivity index (χ1n) is 7.19. The predicted molar refractivity (Wildman–Crippen MR) is 80.9 cm³/mol. The minimum Gasteiger partial charge on any atom is -0.478 e. The molecule has 3 nitrogen and oxygen atoms in total. The summed E-state index contributed by atoms with van der Waals surface area (Å²) in [6.07, 6.45) is 1.52. The van der Waals surface area contributed by atoms with Crippen molar-refractivity contribution in [1.29, 1.82) is 5.26 Å². The monoisotopic (exact) mass is 315 g/mol. The summed E-state index contributed by atoms with van der Waals surface area (Å²) in [5, 5.41) is 8.64. The summed E-state index contributed by atoms with van der Waals surface area (Å²) in [5.74, 6) is -2.19. The fraction of sp³-hybridized carbons (Fsp3) is 0.222. The van der Waals surface area contributed by atoms with Gasteiger partial charge >= 0.3 is 0 Å². The van der Waals surface area contributed by atoms with E-state index in [2.05, 4.69) is 6.92 Å². The Morgan fingerprint density at radius 1 is 1.22 bits per heavy atom. The second-order valence-corrected chi connectivity index (χ2v) is 5.04. The summed E-state index contributed by atoms with van der Waals surface area (Å²) < 4.78 is 32.5. The van der Waals surface area contributed by atoms with Crippen LogP contribution in [0.1, 0.15) is 36.1 Å². The number of halogens is 2. The number of carbonyl (C=O) groups excluding carboxylic acids is 1. The van der Waals surface area contributed by atoms with Gasteiger partial charge in [-0.05, 0) is 17.5 Å². The van der Waals surface area contributed by atoms with E-state index in [4.69, 9.17) is 10.00 Å². The molecule has 0 aliphatic heterocycles. The van der Waals surface area contributed by atoms with Crippen LogP contribution in [0.4, 0.5) is 8.78 Å². The predicted octanol–water partition coefficient (Wildman–Crippen LogP) is 4.11. The van der Waals surface area contributed by atoms with Gasteiger partial charge in [0.2, 0.25) is 0 Å². The summed E-state index contributed by atoms with van der Waals surface area (Å²) in [6, 6.07) is 10.5. The highest BCUT2D eigenvalue weighted by Gasteiger charge is 2.16. The minimum absolute atomic E-state index is 0.145. The molecule has 0 radical (unpaired) electrons. The SMILES string of the molecule is CCCc1ccc(C(C=O)Oc2cc(F)c(C#N)c(F)c2)cc1. The molecule has 2 aromatic rings. The van der Waals surface area contributed by atoms with Gasteiger partial charge in [0.15, 0.2) is 12.4 Å². The molecule has 23 heavy (non-hydrogen) atoms. The van der Waals surface area contributed by atoms with Crippen LogP contribution in [-0.4, -0.2) is 6.29 Å². The lowest BCUT2D eigenvalue weighted by Crippen LogP contribution is -2.09. The van der Waals surface area contributed by atoms with Crippen molar-refractivity contribution in [2.75, 3.05) is 0 Å². The van der Waals surface area contributed by atoms with Gasteiger partial charge in [0.1, 0.15) is 29.0 Å². The first kappa shape index (κ1) is 16.6. The van der Waals surface area contributed by atoms with Gasteiger partial charge in [0.05, 0.1) is 0 Å². The van der Waals surface area contributed by atoms with Crippen LogP contribution < -0.4 is 4.74 Å². The second-order valence-electron chi connectivity index (χ2n) is 5.04. The third kappa shape index (κ3) is 3.92. The van der Waals surface area contributed by atoms with Crippen molar-refractivity contribution in [3.05, 3.63) is 64.7 Å². The standard InChI is InChI=1S/C18H15F2NO2/c1-2-3-12-4-6-13(7-5-12)18(11-22)23-14-8-16(19)15(10-21)17(20)9-14/h4-9,11,18H,2-3H2,1H3. The number of ether oxygens (including phenoxy) is 1. The number of rotatable bonds is 6. The molecule has 0 saturated heterocycles. The molecule has 0 heterocycles. The van der Waals surface area contributed by atoms with E-state index in [1.54, 1.807) is 12.1 Å². The molecular formula is C18H15F2NO2. The van der Waals surface area contributed by atoms with Crippen LogP contribution in [0.2, 0.25) is 0 Å². The van der Waals surface area contributed by atoms with Crippen molar-refractivity contribution < 1.29 is 18.3 Å². The second kappa shape index (κ2) is 7.50. The first-order valence-corrected chi connectivity index (χ1v) is 7.19. The van der Waals surface area contributed by atoms with E-state index >= 15 is 0 Å². The highest BCUT2D eigenvalue weighted by molar-refractivity contribution is 5.61. The van der Waals surface area contributed by atoms with Gasteiger partial charge in [0.25, 0.3) is 0 Å². The fourth-order valence-electron chi connectivity index (χ4n) is 2.21. The summed E-state index contributed by atoms with van der Waals surface area (Å²) in [4.78, 5) is 11.2. The molecule has 0 aromatic heterocycles. The molecule has 2 aromatic carbocycles. The zero-order valence-electron chi connectivity index (χ0n) is 12.6. The van der Waals surface area contributed by atoms with Crippen molar-refractivity contribution in [1.82, 2.24) is 0 Å². The third-order valence-corrected chi connectivity index (χ3v) is 3.36. The maximum absolute atomic E-state index is 13.6. The Morgan fingerprint density at radius 2 is 1.83 bits per heavy atom. The largest absolute Gasteiger partial charge is 0.478 e. The number of hydrogen-bond donors (Lipinski definition) is 0. The number of nitriles is 1. The molecule has 1 atom stereocenters. The van der Waals surface area contributed by atoms with Crippen LogP contribution >= 0.6 is 0 Å². The Kier molecular flexibility index (Phi) is 5.42. The van der Waals surface area contributed by atoms with Crippen LogP contribution in [0.3, 0.4) is 0 Å². The molecule has 0 fully saturated rings. The van der Waals surface area contributed by atoms with E-state index in [9.17, 15) is 13.6 Å². The molecule has 0 saturated carbocycles. The molecule has 118 valence electrons. The van der Waals surface area contributed by atoms with E-state index in [1.807, 2.05) is 12.1 Å². The maximum Gasteiger partial charge on any atom is 0.179 e. The molecule has 0 aliphatic carbocycles. The number of carbonyl (C=O) groups is 1.